The van der Waals surface area contributed by atoms with Crippen LogP contribution in [0.5, 0.6) is 0 Å². The second-order valence-electron chi connectivity index (χ2n) is 8.81. The van der Waals surface area contributed by atoms with Crippen molar-refractivity contribution >= 4 is 45.6 Å². The quantitative estimate of drug-likeness (QED) is 0.206. The number of oxazole rings is 1. The molecule has 0 radical (unpaired) electrons. The molecular weight excluding hydrogens is 456 g/mol. The minimum atomic E-state index is -0.0943. The van der Waals surface area contributed by atoms with Crippen molar-refractivity contribution in [2.75, 3.05) is 11.1 Å². The molecular formula is C24H30N4O3S2. The SMILES string of the molecule is CC(C)(C)c1cnc(CSc2cnc(NC(=O)CCCCC(=O)Cc3ccccc3N)s2)o1. The van der Waals surface area contributed by atoms with Crippen molar-refractivity contribution in [3.63, 3.8) is 0 Å². The van der Waals surface area contributed by atoms with Crippen LogP contribution in [0, 0.1) is 0 Å². The van der Waals surface area contributed by atoms with Crippen molar-refractivity contribution in [3.8, 4) is 0 Å². The van der Waals surface area contributed by atoms with E-state index in [1.165, 1.54) is 11.3 Å². The van der Waals surface area contributed by atoms with Crippen molar-refractivity contribution < 1.29 is 14.0 Å². The summed E-state index contributed by atoms with van der Waals surface area (Å²) in [5, 5.41) is 3.40. The number of thioether (sulfide) groups is 1. The first kappa shape index (κ1) is 25.0. The molecule has 0 aliphatic rings. The number of para-hydroxylation sites is 1. The predicted molar refractivity (Wildman–Crippen MR) is 134 cm³/mol. The second-order valence-corrected chi connectivity index (χ2v) is 11.1. The van der Waals surface area contributed by atoms with Gasteiger partial charge in [-0.15, -0.1) is 11.8 Å². The minimum absolute atomic E-state index is 0.0684. The Morgan fingerprint density at radius 2 is 1.88 bits per heavy atom. The fraction of sp³-hybridized carbons (Fsp3) is 0.417. The first-order valence-electron chi connectivity index (χ1n) is 10.9. The molecule has 2 heterocycles. The maximum Gasteiger partial charge on any atom is 0.226 e. The summed E-state index contributed by atoms with van der Waals surface area (Å²) in [6, 6.07) is 7.40. The Morgan fingerprint density at radius 1 is 1.12 bits per heavy atom. The molecule has 3 rings (SSSR count). The molecule has 0 aliphatic heterocycles. The fourth-order valence-electron chi connectivity index (χ4n) is 3.03. The Morgan fingerprint density at radius 3 is 2.61 bits per heavy atom. The van der Waals surface area contributed by atoms with Crippen LogP contribution < -0.4 is 11.1 Å². The van der Waals surface area contributed by atoms with E-state index in [9.17, 15) is 9.59 Å². The number of carbonyl (C=O) groups is 2. The Hall–Kier alpha value is -2.65. The Kier molecular flexibility index (Phi) is 8.68. The molecule has 0 saturated carbocycles. The van der Waals surface area contributed by atoms with Gasteiger partial charge in [-0.1, -0.05) is 50.3 Å². The summed E-state index contributed by atoms with van der Waals surface area (Å²) in [4.78, 5) is 32.9. The van der Waals surface area contributed by atoms with Gasteiger partial charge in [0.1, 0.15) is 11.5 Å². The number of ketones is 1. The number of thiazole rings is 1. The molecule has 0 aliphatic carbocycles. The molecule has 0 spiro atoms. The smallest absolute Gasteiger partial charge is 0.226 e. The minimum Gasteiger partial charge on any atom is -0.444 e. The van der Waals surface area contributed by atoms with Crippen molar-refractivity contribution in [2.24, 2.45) is 0 Å². The largest absolute Gasteiger partial charge is 0.444 e. The number of amides is 1. The molecule has 7 nitrogen and oxygen atoms in total. The zero-order chi connectivity index (χ0) is 23.8. The first-order chi connectivity index (χ1) is 15.7. The average Bonchev–Trinajstić information content (AvgIpc) is 3.41. The van der Waals surface area contributed by atoms with Gasteiger partial charge < -0.3 is 15.5 Å². The van der Waals surface area contributed by atoms with Crippen LogP contribution in [-0.4, -0.2) is 21.7 Å². The van der Waals surface area contributed by atoms with Gasteiger partial charge in [0.05, 0.1) is 22.4 Å². The van der Waals surface area contributed by atoms with E-state index < -0.39 is 0 Å². The van der Waals surface area contributed by atoms with Crippen LogP contribution in [0.25, 0.3) is 0 Å². The molecule has 1 amide bonds. The van der Waals surface area contributed by atoms with E-state index in [1.807, 2.05) is 18.2 Å². The Labute approximate surface area is 202 Å². The molecule has 1 aromatic carbocycles. The van der Waals surface area contributed by atoms with Crippen molar-refractivity contribution in [1.29, 1.82) is 0 Å². The molecule has 0 fully saturated rings. The first-order valence-corrected chi connectivity index (χ1v) is 12.7. The number of nitrogens with two attached hydrogens (primary N) is 1. The summed E-state index contributed by atoms with van der Waals surface area (Å²) in [6.45, 7) is 6.25. The number of hydrogen-bond donors (Lipinski definition) is 2. The number of nitrogens with zero attached hydrogens (tertiary/aromatic N) is 2. The van der Waals surface area contributed by atoms with Crippen molar-refractivity contribution in [1.82, 2.24) is 9.97 Å². The summed E-state index contributed by atoms with van der Waals surface area (Å²) in [5.41, 5.74) is 7.31. The maximum atomic E-state index is 12.2. The lowest BCUT2D eigenvalue weighted by atomic mass is 9.94. The van der Waals surface area contributed by atoms with E-state index in [0.29, 0.717) is 54.6 Å². The van der Waals surface area contributed by atoms with Crippen LogP contribution in [-0.2, 0) is 27.2 Å². The summed E-state index contributed by atoms with van der Waals surface area (Å²) in [6.07, 6.45) is 5.97. The van der Waals surface area contributed by atoms with Gasteiger partial charge in [0, 0.05) is 30.4 Å². The highest BCUT2D eigenvalue weighted by Gasteiger charge is 2.19. The molecule has 176 valence electrons. The highest BCUT2D eigenvalue weighted by molar-refractivity contribution is 8.00. The van der Waals surface area contributed by atoms with Crippen molar-refractivity contribution in [3.05, 3.63) is 53.9 Å². The zero-order valence-electron chi connectivity index (χ0n) is 19.2. The number of Topliss-reactive ketones (excluding diaryl/α,β-unsaturated/α-hetero) is 1. The predicted octanol–water partition coefficient (Wildman–Crippen LogP) is 5.61. The van der Waals surface area contributed by atoms with Crippen LogP contribution in [0.2, 0.25) is 0 Å². The van der Waals surface area contributed by atoms with Crippen LogP contribution in [0.15, 0.2) is 45.3 Å². The lowest BCUT2D eigenvalue weighted by Crippen LogP contribution is -2.11. The van der Waals surface area contributed by atoms with Gasteiger partial charge >= 0.3 is 0 Å². The van der Waals surface area contributed by atoms with E-state index in [1.54, 1.807) is 30.2 Å². The lowest BCUT2D eigenvalue weighted by Gasteiger charge is -2.12. The Balaban J connectivity index is 1.34. The number of nitrogen functional groups attached to an aromatic ring is 1. The molecule has 0 bridgehead atoms. The zero-order valence-corrected chi connectivity index (χ0v) is 20.9. The highest BCUT2D eigenvalue weighted by Crippen LogP contribution is 2.31. The van der Waals surface area contributed by atoms with E-state index in [4.69, 9.17) is 10.2 Å². The van der Waals surface area contributed by atoms with E-state index >= 15 is 0 Å². The third kappa shape index (κ3) is 8.01. The summed E-state index contributed by atoms with van der Waals surface area (Å²) < 4.78 is 6.78. The number of anilines is 2. The summed E-state index contributed by atoms with van der Waals surface area (Å²) in [5.74, 6) is 2.18. The number of benzene rings is 1. The lowest BCUT2D eigenvalue weighted by molar-refractivity contribution is -0.119. The summed E-state index contributed by atoms with van der Waals surface area (Å²) >= 11 is 3.00. The van der Waals surface area contributed by atoms with Gasteiger partial charge in [-0.25, -0.2) is 9.97 Å². The molecule has 3 aromatic rings. The third-order valence-electron chi connectivity index (χ3n) is 4.91. The molecule has 9 heteroatoms. The molecule has 0 saturated heterocycles. The van der Waals surface area contributed by atoms with Gasteiger partial charge in [0.2, 0.25) is 11.8 Å². The van der Waals surface area contributed by atoms with Crippen LogP contribution in [0.1, 0.15) is 63.7 Å². The third-order valence-corrected chi connectivity index (χ3v) is 7.01. The second kappa shape index (κ2) is 11.5. The van der Waals surface area contributed by atoms with Gasteiger partial charge in [-0.2, -0.15) is 0 Å². The average molecular weight is 487 g/mol. The summed E-state index contributed by atoms with van der Waals surface area (Å²) in [7, 11) is 0. The maximum absolute atomic E-state index is 12.2. The van der Waals surface area contributed by atoms with Gasteiger partial charge in [-0.05, 0) is 24.5 Å². The Bertz CT molecular complexity index is 1090. The topological polar surface area (TPSA) is 111 Å². The molecule has 0 unspecified atom stereocenters. The van der Waals surface area contributed by atoms with Crippen LogP contribution >= 0.6 is 23.1 Å². The van der Waals surface area contributed by atoms with Gasteiger partial charge in [0.15, 0.2) is 5.13 Å². The van der Waals surface area contributed by atoms with E-state index in [2.05, 4.69) is 36.1 Å². The molecule has 3 N–H and O–H groups in total. The number of unbranched alkanes of at least 4 members (excludes halogenated alkanes) is 1. The van der Waals surface area contributed by atoms with Crippen LogP contribution in [0.3, 0.4) is 0 Å². The standard InChI is InChI=1S/C24H30N4O3S2/c1-24(2,3)19-13-26-21(31-19)15-32-22-14-27-23(33-22)28-20(30)11-7-5-9-17(29)12-16-8-4-6-10-18(16)25/h4,6,8,10,13-14H,5,7,9,11-12,15,25H2,1-3H3,(H,27,28,30). The molecule has 2 aromatic heterocycles. The molecule has 33 heavy (non-hydrogen) atoms. The number of rotatable bonds is 11. The monoisotopic (exact) mass is 486 g/mol. The van der Waals surface area contributed by atoms with Gasteiger partial charge in [-0.3, -0.25) is 9.59 Å². The number of carbonyl (C=O) groups excluding carboxylic acids is 2. The van der Waals surface area contributed by atoms with E-state index in [-0.39, 0.29) is 17.1 Å². The normalized spacial score (nSPS) is 11.5. The van der Waals surface area contributed by atoms with Gasteiger partial charge in [0.25, 0.3) is 0 Å². The molecule has 0 atom stereocenters. The van der Waals surface area contributed by atoms with Crippen LogP contribution in [0.4, 0.5) is 10.8 Å². The van der Waals surface area contributed by atoms with E-state index in [0.717, 1.165) is 15.5 Å². The van der Waals surface area contributed by atoms with Crippen molar-refractivity contribution in [2.45, 2.75) is 68.3 Å². The number of hydrogen-bond acceptors (Lipinski definition) is 8. The number of aromatic nitrogens is 2. The highest BCUT2D eigenvalue weighted by atomic mass is 32.2. The fourth-order valence-corrected chi connectivity index (χ4v) is 4.77. The number of nitrogens with one attached hydrogen (secondary N) is 1.